The van der Waals surface area contributed by atoms with Crippen molar-refractivity contribution in [1.29, 1.82) is 0 Å². The number of rotatable bonds is 7. The fraction of sp³-hybridized carbons (Fsp3) is 0.571. The summed E-state index contributed by atoms with van der Waals surface area (Å²) in [7, 11) is 4.11. The average molecular weight is 236 g/mol. The third-order valence-electron chi connectivity index (χ3n) is 2.64. The minimum atomic E-state index is 0.733. The molecule has 0 aromatic heterocycles. The van der Waals surface area contributed by atoms with Crippen molar-refractivity contribution in [2.45, 2.75) is 20.4 Å². The van der Waals surface area contributed by atoms with Crippen LogP contribution in [0.3, 0.4) is 0 Å². The summed E-state index contributed by atoms with van der Waals surface area (Å²) < 4.78 is 5.89. The molecule has 0 heterocycles. The largest absolute Gasteiger partial charge is 0.492 e. The van der Waals surface area contributed by atoms with E-state index in [1.54, 1.807) is 0 Å². The maximum Gasteiger partial charge on any atom is 0.126 e. The van der Waals surface area contributed by atoms with Gasteiger partial charge in [-0.3, -0.25) is 0 Å². The van der Waals surface area contributed by atoms with Crippen LogP contribution < -0.4 is 10.1 Å². The highest BCUT2D eigenvalue weighted by atomic mass is 16.5. The predicted molar refractivity (Wildman–Crippen MR) is 72.6 cm³/mol. The van der Waals surface area contributed by atoms with Gasteiger partial charge in [-0.2, -0.15) is 0 Å². The van der Waals surface area contributed by atoms with Gasteiger partial charge in [0.15, 0.2) is 0 Å². The van der Waals surface area contributed by atoms with E-state index in [4.69, 9.17) is 4.74 Å². The Morgan fingerprint density at radius 1 is 1.29 bits per heavy atom. The molecule has 0 aliphatic heterocycles. The van der Waals surface area contributed by atoms with Gasteiger partial charge in [0.05, 0.1) is 0 Å². The number of likely N-dealkylation sites (N-methyl/N-ethyl adjacent to an activating group) is 1. The summed E-state index contributed by atoms with van der Waals surface area (Å²) in [6, 6.07) is 6.31. The van der Waals surface area contributed by atoms with Gasteiger partial charge < -0.3 is 15.0 Å². The first-order valence-electron chi connectivity index (χ1n) is 6.22. The number of nitrogens with zero attached hydrogens (tertiary/aromatic N) is 1. The van der Waals surface area contributed by atoms with Gasteiger partial charge in [-0.1, -0.05) is 25.1 Å². The molecule has 1 aromatic rings. The summed E-state index contributed by atoms with van der Waals surface area (Å²) in [5.74, 6) is 1.04. The summed E-state index contributed by atoms with van der Waals surface area (Å²) >= 11 is 0. The number of nitrogens with one attached hydrogen (secondary N) is 1. The van der Waals surface area contributed by atoms with E-state index in [-0.39, 0.29) is 0 Å². The van der Waals surface area contributed by atoms with Crippen LogP contribution in [0.2, 0.25) is 0 Å². The minimum Gasteiger partial charge on any atom is -0.492 e. The van der Waals surface area contributed by atoms with Crippen molar-refractivity contribution in [3.63, 3.8) is 0 Å². The lowest BCUT2D eigenvalue weighted by molar-refractivity contribution is 0.258. The van der Waals surface area contributed by atoms with E-state index in [0.717, 1.165) is 32.0 Å². The Morgan fingerprint density at radius 2 is 2.06 bits per heavy atom. The zero-order valence-electron chi connectivity index (χ0n) is 11.4. The molecule has 1 aromatic carbocycles. The molecule has 0 aliphatic rings. The van der Waals surface area contributed by atoms with E-state index in [9.17, 15) is 0 Å². The number of ether oxygens (including phenoxy) is 1. The van der Waals surface area contributed by atoms with Crippen molar-refractivity contribution >= 4 is 0 Å². The SMILES string of the molecule is CCNCc1cccc(C)c1OCCN(C)C. The van der Waals surface area contributed by atoms with Gasteiger partial charge in [0.1, 0.15) is 12.4 Å². The monoisotopic (exact) mass is 236 g/mol. The number of aryl methyl sites for hydroxylation is 1. The number of para-hydroxylation sites is 1. The Labute approximate surface area is 105 Å². The molecule has 0 unspecified atom stereocenters. The lowest BCUT2D eigenvalue weighted by Gasteiger charge is -2.16. The molecule has 0 spiro atoms. The van der Waals surface area contributed by atoms with E-state index >= 15 is 0 Å². The Bertz CT molecular complexity index is 337. The zero-order valence-corrected chi connectivity index (χ0v) is 11.4. The Balaban J connectivity index is 2.66. The van der Waals surface area contributed by atoms with Crippen LogP contribution in [0.4, 0.5) is 0 Å². The molecular formula is C14H24N2O. The van der Waals surface area contributed by atoms with Crippen molar-refractivity contribution in [2.24, 2.45) is 0 Å². The molecule has 3 heteroatoms. The van der Waals surface area contributed by atoms with Gasteiger partial charge in [-0.15, -0.1) is 0 Å². The quantitative estimate of drug-likeness (QED) is 0.784. The maximum absolute atomic E-state index is 5.89. The first-order chi connectivity index (χ1) is 8.15. The first-order valence-corrected chi connectivity index (χ1v) is 6.22. The van der Waals surface area contributed by atoms with E-state index in [1.165, 1.54) is 11.1 Å². The Hall–Kier alpha value is -1.06. The van der Waals surface area contributed by atoms with E-state index < -0.39 is 0 Å². The van der Waals surface area contributed by atoms with Crippen LogP contribution in [0.1, 0.15) is 18.1 Å². The fourth-order valence-corrected chi connectivity index (χ4v) is 1.65. The fourth-order valence-electron chi connectivity index (χ4n) is 1.65. The highest BCUT2D eigenvalue weighted by Crippen LogP contribution is 2.23. The topological polar surface area (TPSA) is 24.5 Å². The van der Waals surface area contributed by atoms with Gasteiger partial charge in [-0.25, -0.2) is 0 Å². The second-order valence-electron chi connectivity index (χ2n) is 4.50. The van der Waals surface area contributed by atoms with E-state index in [1.807, 2.05) is 0 Å². The summed E-state index contributed by atoms with van der Waals surface area (Å²) in [5, 5.41) is 3.34. The van der Waals surface area contributed by atoms with E-state index in [0.29, 0.717) is 0 Å². The van der Waals surface area contributed by atoms with Crippen molar-refractivity contribution in [3.8, 4) is 5.75 Å². The molecule has 3 nitrogen and oxygen atoms in total. The summed E-state index contributed by atoms with van der Waals surface area (Å²) in [5.41, 5.74) is 2.45. The summed E-state index contributed by atoms with van der Waals surface area (Å²) in [6.07, 6.45) is 0. The molecule has 0 saturated heterocycles. The van der Waals surface area contributed by atoms with Crippen LogP contribution in [0.15, 0.2) is 18.2 Å². The smallest absolute Gasteiger partial charge is 0.126 e. The standard InChI is InChI=1S/C14H24N2O/c1-5-15-11-13-8-6-7-12(2)14(13)17-10-9-16(3)4/h6-8,15H,5,9-11H2,1-4H3. The molecule has 0 atom stereocenters. The molecule has 17 heavy (non-hydrogen) atoms. The molecule has 0 saturated carbocycles. The average Bonchev–Trinajstić information content (AvgIpc) is 2.29. The second-order valence-corrected chi connectivity index (χ2v) is 4.50. The van der Waals surface area contributed by atoms with Crippen LogP contribution in [0, 0.1) is 6.92 Å². The number of benzene rings is 1. The van der Waals surface area contributed by atoms with Crippen molar-refractivity contribution in [2.75, 3.05) is 33.8 Å². The van der Waals surface area contributed by atoms with Gasteiger partial charge >= 0.3 is 0 Å². The maximum atomic E-state index is 5.89. The molecule has 0 bridgehead atoms. The van der Waals surface area contributed by atoms with Crippen molar-refractivity contribution in [3.05, 3.63) is 29.3 Å². The predicted octanol–water partition coefficient (Wildman–Crippen LogP) is 2.04. The van der Waals surface area contributed by atoms with Crippen LogP contribution in [0.25, 0.3) is 0 Å². The van der Waals surface area contributed by atoms with Crippen molar-refractivity contribution in [1.82, 2.24) is 10.2 Å². The third kappa shape index (κ3) is 4.75. The second kappa shape index (κ2) is 7.30. The van der Waals surface area contributed by atoms with Crippen LogP contribution in [0.5, 0.6) is 5.75 Å². The van der Waals surface area contributed by atoms with Crippen molar-refractivity contribution < 1.29 is 4.74 Å². The molecule has 0 radical (unpaired) electrons. The lowest BCUT2D eigenvalue weighted by Crippen LogP contribution is -2.20. The minimum absolute atomic E-state index is 0.733. The van der Waals surface area contributed by atoms with E-state index in [2.05, 4.69) is 56.4 Å². The highest BCUT2D eigenvalue weighted by Gasteiger charge is 2.06. The zero-order chi connectivity index (χ0) is 12.7. The normalized spacial score (nSPS) is 10.9. The van der Waals surface area contributed by atoms with Gasteiger partial charge in [-0.05, 0) is 33.1 Å². The highest BCUT2D eigenvalue weighted by molar-refractivity contribution is 5.40. The molecule has 1 rings (SSSR count). The summed E-state index contributed by atoms with van der Waals surface area (Å²) in [4.78, 5) is 2.13. The van der Waals surface area contributed by atoms with Gasteiger partial charge in [0.25, 0.3) is 0 Å². The Morgan fingerprint density at radius 3 is 2.71 bits per heavy atom. The lowest BCUT2D eigenvalue weighted by atomic mass is 10.1. The molecule has 0 amide bonds. The van der Waals surface area contributed by atoms with Crippen LogP contribution in [-0.4, -0.2) is 38.7 Å². The van der Waals surface area contributed by atoms with Crippen LogP contribution >= 0.6 is 0 Å². The molecular weight excluding hydrogens is 212 g/mol. The number of hydrogen-bond donors (Lipinski definition) is 1. The number of hydrogen-bond acceptors (Lipinski definition) is 3. The summed E-state index contributed by atoms with van der Waals surface area (Å²) in [6.45, 7) is 7.73. The third-order valence-corrected chi connectivity index (χ3v) is 2.64. The molecule has 0 fully saturated rings. The van der Waals surface area contributed by atoms with Crippen LogP contribution in [-0.2, 0) is 6.54 Å². The molecule has 1 N–H and O–H groups in total. The van der Waals surface area contributed by atoms with Gasteiger partial charge in [0, 0.05) is 18.7 Å². The van der Waals surface area contributed by atoms with Gasteiger partial charge in [0.2, 0.25) is 0 Å². The molecule has 96 valence electrons. The Kier molecular flexibility index (Phi) is 6.01. The molecule has 0 aliphatic carbocycles. The first kappa shape index (κ1) is 14.0.